The van der Waals surface area contributed by atoms with E-state index in [2.05, 4.69) is 41.0 Å². The van der Waals surface area contributed by atoms with E-state index in [1.54, 1.807) is 18.3 Å². The number of nitrogens with zero attached hydrogens (tertiary/aromatic N) is 4. The molecule has 1 aromatic heterocycles. The molecule has 3 heterocycles. The largest absolute Gasteiger partial charge is 0.387 e. The zero-order valence-electron chi connectivity index (χ0n) is 22.2. The highest BCUT2D eigenvalue weighted by Crippen LogP contribution is 2.29. The fraction of sp³-hybridized carbons (Fsp3) is 0.448. The molecule has 0 bridgehead atoms. The van der Waals surface area contributed by atoms with E-state index >= 15 is 0 Å². The molecule has 2 aliphatic heterocycles. The predicted octanol–water partition coefficient (Wildman–Crippen LogP) is 4.99. The van der Waals surface area contributed by atoms with Gasteiger partial charge in [0.25, 0.3) is 5.91 Å². The van der Waals surface area contributed by atoms with Crippen LogP contribution in [0.5, 0.6) is 0 Å². The van der Waals surface area contributed by atoms with Crippen molar-refractivity contribution < 1.29 is 9.59 Å². The highest BCUT2D eigenvalue weighted by Gasteiger charge is 2.22. The summed E-state index contributed by atoms with van der Waals surface area (Å²) in [5.74, 6) is 1.70. The zero-order valence-corrected chi connectivity index (χ0v) is 22.2. The van der Waals surface area contributed by atoms with E-state index in [-0.39, 0.29) is 18.2 Å². The van der Waals surface area contributed by atoms with Gasteiger partial charge in [-0.2, -0.15) is 0 Å². The maximum Gasteiger partial charge on any atom is 0.255 e. The number of amidine groups is 1. The number of aliphatic imine (C=N–C) groups is 1. The minimum Gasteiger partial charge on any atom is -0.387 e. The Labute approximate surface area is 219 Å². The number of amides is 2. The summed E-state index contributed by atoms with van der Waals surface area (Å²) in [4.78, 5) is 39.4. The van der Waals surface area contributed by atoms with Crippen molar-refractivity contribution >= 4 is 40.9 Å². The van der Waals surface area contributed by atoms with Crippen LogP contribution in [0.3, 0.4) is 0 Å². The fourth-order valence-electron chi connectivity index (χ4n) is 4.97. The molecule has 2 amide bonds. The Hall–Kier alpha value is -3.68. The van der Waals surface area contributed by atoms with Crippen LogP contribution in [0.4, 0.5) is 17.2 Å². The van der Waals surface area contributed by atoms with Gasteiger partial charge in [0.05, 0.1) is 17.6 Å². The van der Waals surface area contributed by atoms with Crippen molar-refractivity contribution in [1.29, 1.82) is 0 Å². The average molecular weight is 503 g/mol. The van der Waals surface area contributed by atoms with E-state index in [1.807, 2.05) is 29.2 Å². The van der Waals surface area contributed by atoms with Crippen molar-refractivity contribution in [2.45, 2.75) is 52.9 Å². The number of carbonyl (C=O) groups is 2. The average Bonchev–Trinajstić information content (AvgIpc) is 3.06. The standard InChI is InChI=1S/C29H38N6O2/c1-4-12-34(13-5-2)29(37)23-15-21-8-9-22(16-25(21)33-26(30)17-23)28(36)32-24-10-11-27(31-18-24)35-14-6-7-20(3)19-35/h8-11,15-16,18,20H,4-7,12-14,17,19H2,1-3H3,(H2,30,33)(H,32,36). The van der Waals surface area contributed by atoms with Crippen LogP contribution >= 0.6 is 0 Å². The van der Waals surface area contributed by atoms with Gasteiger partial charge in [-0.25, -0.2) is 9.98 Å². The molecule has 8 nitrogen and oxygen atoms in total. The van der Waals surface area contributed by atoms with E-state index < -0.39 is 0 Å². The highest BCUT2D eigenvalue weighted by molar-refractivity contribution is 6.07. The van der Waals surface area contributed by atoms with E-state index in [0.29, 0.717) is 47.4 Å². The first-order chi connectivity index (χ1) is 17.9. The molecule has 4 rings (SSSR count). The Morgan fingerprint density at radius 1 is 1.16 bits per heavy atom. The summed E-state index contributed by atoms with van der Waals surface area (Å²) in [6.07, 6.45) is 8.06. The summed E-state index contributed by atoms with van der Waals surface area (Å²) >= 11 is 0. The predicted molar refractivity (Wildman–Crippen MR) is 150 cm³/mol. The van der Waals surface area contributed by atoms with Crippen LogP contribution in [0.2, 0.25) is 0 Å². The van der Waals surface area contributed by atoms with Gasteiger partial charge in [0.1, 0.15) is 11.7 Å². The van der Waals surface area contributed by atoms with Crippen molar-refractivity contribution in [2.75, 3.05) is 36.4 Å². The van der Waals surface area contributed by atoms with Gasteiger partial charge in [-0.3, -0.25) is 9.59 Å². The first kappa shape index (κ1) is 26.4. The molecule has 2 aliphatic rings. The lowest BCUT2D eigenvalue weighted by Gasteiger charge is -2.31. The monoisotopic (exact) mass is 502 g/mol. The summed E-state index contributed by atoms with van der Waals surface area (Å²) < 4.78 is 0. The van der Waals surface area contributed by atoms with Gasteiger partial charge >= 0.3 is 0 Å². The van der Waals surface area contributed by atoms with Gasteiger partial charge in [0, 0.05) is 49.3 Å². The van der Waals surface area contributed by atoms with Gasteiger partial charge in [-0.15, -0.1) is 0 Å². The van der Waals surface area contributed by atoms with Crippen molar-refractivity contribution in [1.82, 2.24) is 9.88 Å². The van der Waals surface area contributed by atoms with Gasteiger partial charge in [0.2, 0.25) is 5.91 Å². The zero-order chi connectivity index (χ0) is 26.4. The first-order valence-corrected chi connectivity index (χ1v) is 13.4. The van der Waals surface area contributed by atoms with Crippen molar-refractivity contribution in [3.63, 3.8) is 0 Å². The second-order valence-corrected chi connectivity index (χ2v) is 10.1. The molecule has 8 heteroatoms. The van der Waals surface area contributed by atoms with Gasteiger partial charge in [0.15, 0.2) is 0 Å². The van der Waals surface area contributed by atoms with Crippen LogP contribution < -0.4 is 16.0 Å². The maximum atomic E-state index is 13.2. The van der Waals surface area contributed by atoms with Crippen LogP contribution in [-0.2, 0) is 4.79 Å². The summed E-state index contributed by atoms with van der Waals surface area (Å²) in [6, 6.07) is 9.13. The Balaban J connectivity index is 1.49. The molecular formula is C29H38N6O2. The quantitative estimate of drug-likeness (QED) is 0.529. The van der Waals surface area contributed by atoms with Gasteiger partial charge in [-0.1, -0.05) is 26.8 Å². The number of piperidine rings is 1. The summed E-state index contributed by atoms with van der Waals surface area (Å²) in [5, 5.41) is 2.92. The molecular weight excluding hydrogens is 464 g/mol. The van der Waals surface area contributed by atoms with Crippen molar-refractivity contribution in [3.8, 4) is 0 Å². The number of aromatic nitrogens is 1. The lowest BCUT2D eigenvalue weighted by atomic mass is 10.0. The number of nitrogens with one attached hydrogen (secondary N) is 1. The number of carbonyl (C=O) groups excluding carboxylic acids is 2. The molecule has 1 atom stereocenters. The Kier molecular flexibility index (Phi) is 8.58. The molecule has 37 heavy (non-hydrogen) atoms. The molecule has 1 aromatic carbocycles. The third-order valence-corrected chi connectivity index (χ3v) is 6.79. The van der Waals surface area contributed by atoms with E-state index in [4.69, 9.17) is 5.73 Å². The molecule has 0 saturated carbocycles. The molecule has 2 aromatic rings. The third kappa shape index (κ3) is 6.56. The lowest BCUT2D eigenvalue weighted by molar-refractivity contribution is -0.127. The van der Waals surface area contributed by atoms with Crippen LogP contribution in [0.1, 0.15) is 68.8 Å². The number of benzene rings is 1. The molecule has 0 radical (unpaired) electrons. The second-order valence-electron chi connectivity index (χ2n) is 10.1. The number of fused-ring (bicyclic) bond motifs is 1. The number of hydrogen-bond donors (Lipinski definition) is 2. The van der Waals surface area contributed by atoms with E-state index in [1.165, 1.54) is 12.8 Å². The van der Waals surface area contributed by atoms with Crippen LogP contribution in [0.15, 0.2) is 47.1 Å². The minimum atomic E-state index is -0.251. The number of anilines is 2. The number of pyridine rings is 1. The Morgan fingerprint density at radius 3 is 2.62 bits per heavy atom. The lowest BCUT2D eigenvalue weighted by Crippen LogP contribution is -2.34. The van der Waals surface area contributed by atoms with Gasteiger partial charge in [-0.05, 0) is 61.9 Å². The SMILES string of the molecule is CCCN(CCC)C(=O)C1=Cc2ccc(C(=O)Nc3ccc(N4CCCC(C)C4)nc3)cc2N=C(N)C1. The van der Waals surface area contributed by atoms with Crippen molar-refractivity contribution in [2.24, 2.45) is 16.6 Å². The third-order valence-electron chi connectivity index (χ3n) is 6.79. The first-order valence-electron chi connectivity index (χ1n) is 13.4. The molecule has 196 valence electrons. The van der Waals surface area contributed by atoms with Gasteiger partial charge < -0.3 is 20.9 Å². The fourth-order valence-corrected chi connectivity index (χ4v) is 4.97. The molecule has 1 saturated heterocycles. The van der Waals surface area contributed by atoms with Crippen LogP contribution in [0, 0.1) is 5.92 Å². The molecule has 0 spiro atoms. The smallest absolute Gasteiger partial charge is 0.255 e. The molecule has 1 fully saturated rings. The number of nitrogens with two attached hydrogens (primary N) is 1. The normalized spacial score (nSPS) is 17.3. The van der Waals surface area contributed by atoms with E-state index in [9.17, 15) is 9.59 Å². The summed E-state index contributed by atoms with van der Waals surface area (Å²) in [7, 11) is 0. The topological polar surface area (TPSA) is 104 Å². The number of hydrogen-bond acceptors (Lipinski definition) is 6. The maximum absolute atomic E-state index is 13.2. The molecule has 3 N–H and O–H groups in total. The van der Waals surface area contributed by atoms with Crippen molar-refractivity contribution in [3.05, 3.63) is 53.2 Å². The molecule has 0 aliphatic carbocycles. The Morgan fingerprint density at radius 2 is 1.95 bits per heavy atom. The molecule has 1 unspecified atom stereocenters. The number of rotatable bonds is 8. The van der Waals surface area contributed by atoms with Crippen LogP contribution in [0.25, 0.3) is 6.08 Å². The van der Waals surface area contributed by atoms with E-state index in [0.717, 1.165) is 37.3 Å². The summed E-state index contributed by atoms with van der Waals surface area (Å²) in [5.41, 5.74) is 9.26. The van der Waals surface area contributed by atoms with Crippen LogP contribution in [-0.4, -0.2) is 53.7 Å². The highest BCUT2D eigenvalue weighted by atomic mass is 16.2. The second kappa shape index (κ2) is 12.0. The minimum absolute atomic E-state index is 0.00789. The summed E-state index contributed by atoms with van der Waals surface area (Å²) in [6.45, 7) is 9.83. The Bertz CT molecular complexity index is 1180.